The lowest BCUT2D eigenvalue weighted by Crippen LogP contribution is -2.49. The minimum atomic E-state index is -0.526. The maximum atomic E-state index is 12.1. The number of amides is 1. The van der Waals surface area contributed by atoms with E-state index in [0.717, 1.165) is 32.1 Å². The number of hydrogen-bond acceptors (Lipinski definition) is 5. The highest BCUT2D eigenvalue weighted by molar-refractivity contribution is 5.69. The van der Waals surface area contributed by atoms with Gasteiger partial charge in [-0.2, -0.15) is 0 Å². The third-order valence-corrected chi connectivity index (χ3v) is 3.47. The molecular formula is C14H23N3O3. The van der Waals surface area contributed by atoms with Crippen molar-refractivity contribution >= 4 is 12.0 Å². The summed E-state index contributed by atoms with van der Waals surface area (Å²) in [5, 5.41) is 6.97. The van der Waals surface area contributed by atoms with Crippen molar-refractivity contribution in [1.29, 1.82) is 0 Å². The number of anilines is 1. The van der Waals surface area contributed by atoms with Gasteiger partial charge in [0.25, 0.3) is 0 Å². The minimum absolute atomic E-state index is 0.260. The molecule has 6 heteroatoms. The lowest BCUT2D eigenvalue weighted by molar-refractivity contribution is 0.0413. The minimum Gasteiger partial charge on any atom is -0.444 e. The molecule has 1 saturated carbocycles. The third-order valence-electron chi connectivity index (χ3n) is 3.47. The molecule has 0 aliphatic heterocycles. The first-order valence-electron chi connectivity index (χ1n) is 7.05. The molecule has 0 aromatic carbocycles. The van der Waals surface area contributed by atoms with Crippen LogP contribution in [0.3, 0.4) is 0 Å². The van der Waals surface area contributed by atoms with Gasteiger partial charge in [0.1, 0.15) is 11.3 Å². The average Bonchev–Trinajstić information content (AvgIpc) is 2.75. The molecule has 1 heterocycles. The zero-order valence-electron chi connectivity index (χ0n) is 12.4. The number of nitrogen functional groups attached to an aromatic ring is 1. The Balaban J connectivity index is 2.18. The summed E-state index contributed by atoms with van der Waals surface area (Å²) in [5.41, 5.74) is 5.23. The normalized spacial score (nSPS) is 18.6. The lowest BCUT2D eigenvalue weighted by atomic mass is 9.79. The zero-order valence-corrected chi connectivity index (χ0v) is 12.4. The van der Waals surface area contributed by atoms with Crippen molar-refractivity contribution in [2.24, 2.45) is 0 Å². The standard InChI is InChI=1S/C14H23N3O3/c1-13(2,3)19-12(18)16-14(7-5-4-6-8-14)10-9-11(15)20-17-10/h9H,4-8,15H2,1-3H3,(H,16,18). The van der Waals surface area contributed by atoms with E-state index in [0.29, 0.717) is 5.69 Å². The van der Waals surface area contributed by atoms with E-state index in [2.05, 4.69) is 10.5 Å². The summed E-state index contributed by atoms with van der Waals surface area (Å²) < 4.78 is 10.3. The van der Waals surface area contributed by atoms with Gasteiger partial charge in [0, 0.05) is 6.07 Å². The molecule has 1 aliphatic rings. The molecule has 3 N–H and O–H groups in total. The van der Waals surface area contributed by atoms with E-state index in [1.807, 2.05) is 20.8 Å². The Kier molecular flexibility index (Phi) is 3.92. The fraction of sp³-hybridized carbons (Fsp3) is 0.714. The lowest BCUT2D eigenvalue weighted by Gasteiger charge is -2.36. The highest BCUT2D eigenvalue weighted by Crippen LogP contribution is 2.37. The zero-order chi connectivity index (χ0) is 14.8. The molecule has 0 spiro atoms. The van der Waals surface area contributed by atoms with Crippen LogP contribution in [0, 0.1) is 0 Å². The monoisotopic (exact) mass is 281 g/mol. The van der Waals surface area contributed by atoms with Crippen molar-refractivity contribution in [2.75, 3.05) is 5.73 Å². The molecule has 6 nitrogen and oxygen atoms in total. The quantitative estimate of drug-likeness (QED) is 0.869. The van der Waals surface area contributed by atoms with Gasteiger partial charge in [-0.05, 0) is 33.6 Å². The molecule has 0 unspecified atom stereocenters. The van der Waals surface area contributed by atoms with Crippen molar-refractivity contribution in [1.82, 2.24) is 10.5 Å². The number of ether oxygens (including phenoxy) is 1. The smallest absolute Gasteiger partial charge is 0.408 e. The number of rotatable bonds is 2. The van der Waals surface area contributed by atoms with Crippen LogP contribution in [-0.4, -0.2) is 16.9 Å². The number of nitrogens with two attached hydrogens (primary N) is 1. The molecule has 0 bridgehead atoms. The SMILES string of the molecule is CC(C)(C)OC(=O)NC1(c2cc(N)on2)CCCCC1. The fourth-order valence-corrected chi connectivity index (χ4v) is 2.61. The van der Waals surface area contributed by atoms with Crippen LogP contribution in [0.1, 0.15) is 58.6 Å². The van der Waals surface area contributed by atoms with Gasteiger partial charge in [0.05, 0.1) is 5.54 Å². The van der Waals surface area contributed by atoms with E-state index in [1.54, 1.807) is 6.07 Å². The summed E-state index contributed by atoms with van der Waals surface area (Å²) in [5.74, 6) is 0.260. The number of carbonyl (C=O) groups excluding carboxylic acids is 1. The number of nitrogens with zero attached hydrogens (tertiary/aromatic N) is 1. The van der Waals surface area contributed by atoms with Gasteiger partial charge in [0.15, 0.2) is 0 Å². The third kappa shape index (κ3) is 3.43. The highest BCUT2D eigenvalue weighted by atomic mass is 16.6. The van der Waals surface area contributed by atoms with Crippen LogP contribution >= 0.6 is 0 Å². The van der Waals surface area contributed by atoms with Gasteiger partial charge in [-0.3, -0.25) is 0 Å². The van der Waals surface area contributed by atoms with Crippen molar-refractivity contribution in [3.63, 3.8) is 0 Å². The number of nitrogens with one attached hydrogen (secondary N) is 1. The fourth-order valence-electron chi connectivity index (χ4n) is 2.61. The predicted octanol–water partition coefficient (Wildman–Crippen LogP) is 2.94. The summed E-state index contributed by atoms with van der Waals surface area (Å²) in [6, 6.07) is 1.68. The van der Waals surface area contributed by atoms with E-state index >= 15 is 0 Å². The van der Waals surface area contributed by atoms with Crippen molar-refractivity contribution in [3.05, 3.63) is 11.8 Å². The van der Waals surface area contributed by atoms with Gasteiger partial charge in [-0.25, -0.2) is 4.79 Å². The maximum Gasteiger partial charge on any atom is 0.408 e. The number of alkyl carbamates (subject to hydrolysis) is 1. The van der Waals surface area contributed by atoms with Crippen LogP contribution in [0.5, 0.6) is 0 Å². The second-order valence-corrected chi connectivity index (χ2v) is 6.38. The van der Waals surface area contributed by atoms with Crippen molar-refractivity contribution in [2.45, 2.75) is 64.0 Å². The summed E-state index contributed by atoms with van der Waals surface area (Å²) in [6.45, 7) is 5.52. The van der Waals surface area contributed by atoms with Crippen LogP contribution in [-0.2, 0) is 10.3 Å². The second kappa shape index (κ2) is 5.34. The summed E-state index contributed by atoms with van der Waals surface area (Å²) >= 11 is 0. The Hall–Kier alpha value is -1.72. The van der Waals surface area contributed by atoms with Gasteiger partial charge < -0.3 is 20.3 Å². The Morgan fingerprint density at radius 3 is 2.55 bits per heavy atom. The van der Waals surface area contributed by atoms with Crippen LogP contribution in [0.15, 0.2) is 10.6 Å². The predicted molar refractivity (Wildman–Crippen MR) is 75.0 cm³/mol. The van der Waals surface area contributed by atoms with Gasteiger partial charge in [-0.1, -0.05) is 24.4 Å². The number of aromatic nitrogens is 1. The highest BCUT2D eigenvalue weighted by Gasteiger charge is 2.39. The Bertz CT molecular complexity index is 470. The van der Waals surface area contributed by atoms with Crippen LogP contribution in [0.4, 0.5) is 10.7 Å². The molecule has 0 saturated heterocycles. The second-order valence-electron chi connectivity index (χ2n) is 6.38. The van der Waals surface area contributed by atoms with Gasteiger partial charge in [-0.15, -0.1) is 0 Å². The Morgan fingerprint density at radius 1 is 1.40 bits per heavy atom. The molecule has 1 fully saturated rings. The van der Waals surface area contributed by atoms with Crippen LogP contribution in [0.25, 0.3) is 0 Å². The van der Waals surface area contributed by atoms with E-state index in [1.165, 1.54) is 0 Å². The first-order valence-corrected chi connectivity index (χ1v) is 7.05. The summed E-state index contributed by atoms with van der Waals surface area (Å²) in [7, 11) is 0. The van der Waals surface area contributed by atoms with Crippen molar-refractivity contribution < 1.29 is 14.1 Å². The Morgan fingerprint density at radius 2 is 2.05 bits per heavy atom. The molecule has 1 amide bonds. The number of hydrogen-bond donors (Lipinski definition) is 2. The molecule has 112 valence electrons. The van der Waals surface area contributed by atoms with E-state index in [-0.39, 0.29) is 5.88 Å². The topological polar surface area (TPSA) is 90.4 Å². The molecular weight excluding hydrogens is 258 g/mol. The summed E-state index contributed by atoms with van der Waals surface area (Å²) in [4.78, 5) is 12.1. The van der Waals surface area contributed by atoms with Crippen LogP contribution in [0.2, 0.25) is 0 Å². The summed E-state index contributed by atoms with van der Waals surface area (Å²) in [6.07, 6.45) is 4.42. The molecule has 1 aromatic heterocycles. The molecule has 1 aromatic rings. The Labute approximate surface area is 119 Å². The first kappa shape index (κ1) is 14.7. The van der Waals surface area contributed by atoms with Crippen molar-refractivity contribution in [3.8, 4) is 0 Å². The van der Waals surface area contributed by atoms with E-state index in [4.69, 9.17) is 15.0 Å². The first-order chi connectivity index (χ1) is 9.31. The molecule has 2 rings (SSSR count). The van der Waals surface area contributed by atoms with Crippen LogP contribution < -0.4 is 11.1 Å². The molecule has 0 atom stereocenters. The maximum absolute atomic E-state index is 12.1. The van der Waals surface area contributed by atoms with Gasteiger partial charge >= 0.3 is 6.09 Å². The average molecular weight is 281 g/mol. The largest absolute Gasteiger partial charge is 0.444 e. The van der Waals surface area contributed by atoms with E-state index < -0.39 is 17.2 Å². The van der Waals surface area contributed by atoms with Gasteiger partial charge in [0.2, 0.25) is 5.88 Å². The molecule has 1 aliphatic carbocycles. The number of carbonyl (C=O) groups is 1. The molecule has 0 radical (unpaired) electrons. The molecule has 20 heavy (non-hydrogen) atoms. The van der Waals surface area contributed by atoms with E-state index in [9.17, 15) is 4.79 Å².